The lowest BCUT2D eigenvalue weighted by Crippen LogP contribution is -2.43. The monoisotopic (exact) mass is 660 g/mol. The molecule has 3 aliphatic rings. The number of halogens is 3. The van der Waals surface area contributed by atoms with Gasteiger partial charge in [0, 0.05) is 47.1 Å². The van der Waals surface area contributed by atoms with Crippen molar-refractivity contribution < 1.29 is 4.79 Å². The Hall–Kier alpha value is -3.88. The number of carbonyl (C=O) groups excluding carboxylic acids is 1. The van der Waals surface area contributed by atoms with Crippen LogP contribution in [0.3, 0.4) is 0 Å². The quantitative estimate of drug-likeness (QED) is 0.199. The van der Waals surface area contributed by atoms with Crippen LogP contribution >= 0.6 is 37.2 Å². The number of amides is 1. The Morgan fingerprint density at radius 1 is 0.800 bits per heavy atom. The van der Waals surface area contributed by atoms with Gasteiger partial charge in [0.2, 0.25) is 0 Å². The third kappa shape index (κ3) is 5.48. The number of anilines is 2. The second-order valence-electron chi connectivity index (χ2n) is 11.7. The number of nitrogens with two attached hydrogens (primary N) is 1. The smallest absolute Gasteiger partial charge is 0.253 e. The fourth-order valence-electron chi connectivity index (χ4n) is 6.57. The summed E-state index contributed by atoms with van der Waals surface area (Å²) in [6.07, 6.45) is 7.16. The summed E-state index contributed by atoms with van der Waals surface area (Å²) in [5, 5.41) is 3.53. The molecule has 0 spiro atoms. The van der Waals surface area contributed by atoms with Crippen molar-refractivity contribution in [2.75, 3.05) is 18.4 Å². The Bertz CT molecular complexity index is 1830. The molecule has 45 heavy (non-hydrogen) atoms. The highest BCUT2D eigenvalue weighted by atomic mass is 35.5. The van der Waals surface area contributed by atoms with Crippen LogP contribution in [0, 0.1) is 0 Å². The van der Waals surface area contributed by atoms with E-state index in [0.717, 1.165) is 89.9 Å². The Morgan fingerprint density at radius 2 is 1.49 bits per heavy atom. The molecule has 2 fully saturated rings. The maximum absolute atomic E-state index is 13.1. The summed E-state index contributed by atoms with van der Waals surface area (Å²) in [7, 11) is 0. The van der Waals surface area contributed by atoms with Crippen LogP contribution in [0.2, 0.25) is 0 Å². The van der Waals surface area contributed by atoms with Crippen LogP contribution < -0.4 is 11.1 Å². The average molecular weight is 662 g/mol. The molecule has 4 heterocycles. The van der Waals surface area contributed by atoms with E-state index < -0.39 is 0 Å². The topological polar surface area (TPSA) is 89.1 Å². The number of carbonyl (C=O) groups is 1. The Balaban J connectivity index is 0.00000133. The molecular weight excluding hydrogens is 627 g/mol. The largest absolute Gasteiger partial charge is 0.339 e. The van der Waals surface area contributed by atoms with Gasteiger partial charge in [-0.05, 0) is 74.1 Å². The number of para-hydroxylation sites is 1. The molecule has 10 heteroatoms. The summed E-state index contributed by atoms with van der Waals surface area (Å²) in [4.78, 5) is 25.1. The van der Waals surface area contributed by atoms with E-state index in [-0.39, 0.29) is 48.7 Å². The van der Waals surface area contributed by atoms with Crippen LogP contribution in [0.1, 0.15) is 48.0 Å². The van der Waals surface area contributed by atoms with Crippen LogP contribution in [0.25, 0.3) is 39.6 Å². The summed E-state index contributed by atoms with van der Waals surface area (Å²) in [5.74, 6) is 1.71. The number of hydrogen-bond acceptors (Lipinski definition) is 5. The molecule has 1 amide bonds. The van der Waals surface area contributed by atoms with E-state index in [0.29, 0.717) is 5.56 Å². The van der Waals surface area contributed by atoms with Gasteiger partial charge in [0.15, 0.2) is 5.82 Å². The molecule has 0 radical (unpaired) electrons. The molecule has 0 unspecified atom stereocenters. The Kier molecular flexibility index (Phi) is 9.28. The lowest BCUT2D eigenvalue weighted by molar-refractivity contribution is 0.0793. The molecule has 3 N–H and O–H groups in total. The van der Waals surface area contributed by atoms with E-state index in [9.17, 15) is 4.79 Å². The number of likely N-dealkylation sites (tertiary alicyclic amines) is 1. The number of pyridine rings is 1. The number of imidazole rings is 1. The van der Waals surface area contributed by atoms with Crippen molar-refractivity contribution in [3.05, 3.63) is 102 Å². The van der Waals surface area contributed by atoms with Gasteiger partial charge in [-0.3, -0.25) is 9.36 Å². The van der Waals surface area contributed by atoms with E-state index in [1.165, 1.54) is 12.0 Å². The molecule has 7 nitrogen and oxygen atoms in total. The maximum Gasteiger partial charge on any atom is 0.253 e. The molecule has 2 aromatic heterocycles. The van der Waals surface area contributed by atoms with Gasteiger partial charge in [-0.1, -0.05) is 48.5 Å². The van der Waals surface area contributed by atoms with E-state index in [2.05, 4.69) is 52.3 Å². The minimum absolute atomic E-state index is 0. The van der Waals surface area contributed by atoms with Crippen LogP contribution in [0.15, 0.2) is 91.1 Å². The fourth-order valence-corrected chi connectivity index (χ4v) is 6.57. The van der Waals surface area contributed by atoms with Crippen molar-refractivity contribution in [1.82, 2.24) is 19.4 Å². The molecule has 2 aliphatic heterocycles. The molecule has 0 atom stereocenters. The van der Waals surface area contributed by atoms with Gasteiger partial charge >= 0.3 is 0 Å². The van der Waals surface area contributed by atoms with Crippen molar-refractivity contribution in [1.29, 1.82) is 0 Å². The van der Waals surface area contributed by atoms with Crippen molar-refractivity contribution in [3.8, 4) is 39.6 Å². The number of aromatic nitrogens is 3. The van der Waals surface area contributed by atoms with Gasteiger partial charge in [-0.25, -0.2) is 9.97 Å². The average Bonchev–Trinajstić information content (AvgIpc) is 3.67. The van der Waals surface area contributed by atoms with Crippen LogP contribution in [-0.2, 0) is 5.54 Å². The summed E-state index contributed by atoms with van der Waals surface area (Å²) in [5.41, 5.74) is 15.0. The molecule has 5 aromatic rings. The first-order chi connectivity index (χ1) is 20.6. The van der Waals surface area contributed by atoms with Crippen LogP contribution in [-0.4, -0.2) is 38.4 Å². The Morgan fingerprint density at radius 3 is 2.18 bits per heavy atom. The van der Waals surface area contributed by atoms with Gasteiger partial charge in [0.05, 0.1) is 22.8 Å². The molecule has 8 rings (SSSR count). The second kappa shape index (κ2) is 12.9. The molecule has 232 valence electrons. The summed E-state index contributed by atoms with van der Waals surface area (Å²) in [6.45, 7) is 1.67. The van der Waals surface area contributed by atoms with Crippen LogP contribution in [0.4, 0.5) is 11.5 Å². The minimum atomic E-state index is -0.229. The van der Waals surface area contributed by atoms with E-state index in [4.69, 9.17) is 15.7 Å². The zero-order chi connectivity index (χ0) is 28.3. The van der Waals surface area contributed by atoms with Crippen molar-refractivity contribution in [2.45, 2.75) is 37.6 Å². The number of nitrogens with one attached hydrogen (secondary N) is 1. The predicted molar refractivity (Wildman–Crippen MR) is 188 cm³/mol. The van der Waals surface area contributed by atoms with Gasteiger partial charge < -0.3 is 16.0 Å². The van der Waals surface area contributed by atoms with Gasteiger partial charge in [-0.2, -0.15) is 0 Å². The standard InChI is InChI=1S/C35H32N6O.3ClH/c36-35(18-6-19-35)26-16-14-24(15-17-26)31-30(23-10-12-25(13-11-23)34(42)40-21-3-4-22-40)39-33-27-7-1-2-8-28(27)38-32-29(41(31)33)9-5-20-37-32;;;/h1-2,5,7-17,20H,3-4,6,18-19,21-22,36H2,(H,37,38);3*1H. The zero-order valence-corrected chi connectivity index (χ0v) is 27.1. The Labute approximate surface area is 281 Å². The van der Waals surface area contributed by atoms with Gasteiger partial charge in [-0.15, -0.1) is 37.2 Å². The van der Waals surface area contributed by atoms with Gasteiger partial charge in [0.25, 0.3) is 5.91 Å². The summed E-state index contributed by atoms with van der Waals surface area (Å²) < 4.78 is 2.22. The maximum atomic E-state index is 13.1. The second-order valence-corrected chi connectivity index (χ2v) is 11.7. The van der Waals surface area contributed by atoms with Gasteiger partial charge in [0.1, 0.15) is 5.82 Å². The fraction of sp³-hybridized carbons (Fsp3) is 0.229. The highest BCUT2D eigenvalue weighted by Gasteiger charge is 2.34. The van der Waals surface area contributed by atoms with Crippen LogP contribution in [0.5, 0.6) is 0 Å². The molecule has 1 saturated carbocycles. The molecule has 0 bridgehead atoms. The molecule has 1 aliphatic carbocycles. The van der Waals surface area contributed by atoms with Crippen molar-refractivity contribution in [2.24, 2.45) is 5.73 Å². The minimum Gasteiger partial charge on any atom is -0.339 e. The van der Waals surface area contributed by atoms with Crippen molar-refractivity contribution in [3.63, 3.8) is 0 Å². The van der Waals surface area contributed by atoms with E-state index >= 15 is 0 Å². The third-order valence-electron chi connectivity index (χ3n) is 9.10. The number of nitrogens with zero attached hydrogens (tertiary/aromatic N) is 4. The normalized spacial score (nSPS) is 15.4. The SMILES string of the molecule is Cl.Cl.Cl.NC1(c2ccc(-c3c(-c4ccc(C(=O)N5CCCC5)cc4)nc4n3-c3cccnc3Nc3ccccc3-4)cc2)CCC1. The van der Waals surface area contributed by atoms with Crippen molar-refractivity contribution >= 4 is 54.6 Å². The molecule has 1 saturated heterocycles. The first-order valence-corrected chi connectivity index (χ1v) is 14.8. The van der Waals surface area contributed by atoms with E-state index in [1.807, 2.05) is 47.4 Å². The zero-order valence-electron chi connectivity index (χ0n) is 24.6. The number of fused-ring (bicyclic) bond motifs is 5. The summed E-state index contributed by atoms with van der Waals surface area (Å²) in [6, 6.07) is 28.9. The number of benzene rings is 3. The highest BCUT2D eigenvalue weighted by molar-refractivity contribution is 5.96. The lowest BCUT2D eigenvalue weighted by atomic mass is 9.72. The number of hydrogen-bond donors (Lipinski definition) is 2. The highest BCUT2D eigenvalue weighted by Crippen LogP contribution is 2.45. The van der Waals surface area contributed by atoms with E-state index in [1.54, 1.807) is 6.20 Å². The molecular formula is C35H35Cl3N6O. The first-order valence-electron chi connectivity index (χ1n) is 14.8. The first kappa shape index (κ1) is 32.5. The predicted octanol–water partition coefficient (Wildman–Crippen LogP) is 8.16. The third-order valence-corrected chi connectivity index (χ3v) is 9.10. The number of rotatable bonds is 4. The molecule has 3 aromatic carbocycles. The lowest BCUT2D eigenvalue weighted by Gasteiger charge is -2.38. The summed E-state index contributed by atoms with van der Waals surface area (Å²) >= 11 is 0.